The van der Waals surface area contributed by atoms with E-state index in [0.29, 0.717) is 11.5 Å². The highest BCUT2D eigenvalue weighted by atomic mass is 16.5. The first kappa shape index (κ1) is 18.6. The zero-order valence-corrected chi connectivity index (χ0v) is 16.2. The molecule has 0 atom stereocenters. The first-order valence-corrected chi connectivity index (χ1v) is 9.50. The highest BCUT2D eigenvalue weighted by Crippen LogP contribution is 2.29. The number of methoxy groups -OCH3 is 1. The van der Waals surface area contributed by atoms with E-state index in [1.165, 1.54) is 0 Å². The third-order valence-electron chi connectivity index (χ3n) is 4.92. The molecule has 146 valence electrons. The fourth-order valence-corrected chi connectivity index (χ4v) is 3.38. The van der Waals surface area contributed by atoms with Gasteiger partial charge < -0.3 is 19.9 Å². The largest absolute Gasteiger partial charge is 0.495 e. The SMILES string of the molecule is COc1ccccc1N1CCN(c2nccc(Nc3ccc(C#N)cc3)n2)CC1. The average Bonchev–Trinajstić information content (AvgIpc) is 2.80. The molecule has 2 heterocycles. The lowest BCUT2D eigenvalue weighted by molar-refractivity contribution is 0.413. The summed E-state index contributed by atoms with van der Waals surface area (Å²) in [5, 5.41) is 12.2. The highest BCUT2D eigenvalue weighted by Gasteiger charge is 2.21. The van der Waals surface area contributed by atoms with Gasteiger partial charge in [-0.3, -0.25) is 0 Å². The van der Waals surface area contributed by atoms with Crippen LogP contribution < -0.4 is 19.9 Å². The van der Waals surface area contributed by atoms with Crippen LogP contribution in [0.4, 0.5) is 23.1 Å². The molecule has 1 N–H and O–H groups in total. The number of benzene rings is 2. The fraction of sp³-hybridized carbons (Fsp3) is 0.227. The van der Waals surface area contributed by atoms with E-state index >= 15 is 0 Å². The molecule has 7 nitrogen and oxygen atoms in total. The zero-order valence-electron chi connectivity index (χ0n) is 16.2. The molecule has 3 aromatic rings. The summed E-state index contributed by atoms with van der Waals surface area (Å²) in [6, 6.07) is 19.4. The molecule has 1 aliphatic rings. The Kier molecular flexibility index (Phi) is 5.43. The van der Waals surface area contributed by atoms with Gasteiger partial charge in [0, 0.05) is 38.1 Å². The molecular weight excluding hydrogens is 364 g/mol. The van der Waals surface area contributed by atoms with Gasteiger partial charge >= 0.3 is 0 Å². The van der Waals surface area contributed by atoms with Crippen molar-refractivity contribution >= 4 is 23.1 Å². The van der Waals surface area contributed by atoms with Crippen LogP contribution in [0.15, 0.2) is 60.8 Å². The number of rotatable bonds is 5. The fourth-order valence-electron chi connectivity index (χ4n) is 3.38. The first-order chi connectivity index (χ1) is 14.3. The zero-order chi connectivity index (χ0) is 20.1. The van der Waals surface area contributed by atoms with Crippen LogP contribution in [0.2, 0.25) is 0 Å². The molecule has 4 rings (SSSR count). The topological polar surface area (TPSA) is 77.3 Å². The molecule has 0 saturated carbocycles. The maximum atomic E-state index is 8.91. The molecule has 1 fully saturated rings. The van der Waals surface area contributed by atoms with Crippen molar-refractivity contribution in [3.63, 3.8) is 0 Å². The summed E-state index contributed by atoms with van der Waals surface area (Å²) in [6.07, 6.45) is 1.76. The molecule has 1 aliphatic heterocycles. The number of ether oxygens (including phenoxy) is 1. The summed E-state index contributed by atoms with van der Waals surface area (Å²) in [5.41, 5.74) is 2.63. The van der Waals surface area contributed by atoms with Gasteiger partial charge in [0.05, 0.1) is 24.4 Å². The van der Waals surface area contributed by atoms with Crippen molar-refractivity contribution in [2.75, 3.05) is 48.4 Å². The van der Waals surface area contributed by atoms with E-state index in [-0.39, 0.29) is 0 Å². The van der Waals surface area contributed by atoms with Gasteiger partial charge in [0.1, 0.15) is 11.6 Å². The van der Waals surface area contributed by atoms with Crippen molar-refractivity contribution in [3.05, 3.63) is 66.4 Å². The lowest BCUT2D eigenvalue weighted by atomic mass is 10.2. The molecule has 0 bridgehead atoms. The Hall–Kier alpha value is -3.79. The molecular formula is C22H22N6O. The van der Waals surface area contributed by atoms with Crippen molar-refractivity contribution in [2.45, 2.75) is 0 Å². The average molecular weight is 386 g/mol. The number of aromatic nitrogens is 2. The Labute approximate surface area is 170 Å². The normalized spacial score (nSPS) is 13.7. The van der Waals surface area contributed by atoms with Gasteiger partial charge in [0.2, 0.25) is 5.95 Å². The predicted octanol–water partition coefficient (Wildman–Crippen LogP) is 3.43. The van der Waals surface area contributed by atoms with E-state index in [4.69, 9.17) is 10.00 Å². The van der Waals surface area contributed by atoms with Gasteiger partial charge in [-0.2, -0.15) is 10.2 Å². The van der Waals surface area contributed by atoms with Gasteiger partial charge in [0.25, 0.3) is 0 Å². The van der Waals surface area contributed by atoms with Gasteiger partial charge in [-0.1, -0.05) is 12.1 Å². The second-order valence-electron chi connectivity index (χ2n) is 6.70. The van der Waals surface area contributed by atoms with Crippen molar-refractivity contribution < 1.29 is 4.74 Å². The first-order valence-electron chi connectivity index (χ1n) is 9.50. The Morgan fingerprint density at radius 3 is 2.41 bits per heavy atom. The standard InChI is InChI=1S/C22H22N6O/c1-29-20-5-3-2-4-19(20)27-12-14-28(15-13-27)22-24-11-10-21(26-22)25-18-8-6-17(16-23)7-9-18/h2-11H,12-15H2,1H3,(H,24,25,26). The molecule has 2 aromatic carbocycles. The molecule has 0 amide bonds. The van der Waals surface area contributed by atoms with E-state index in [9.17, 15) is 0 Å². The third kappa shape index (κ3) is 4.22. The van der Waals surface area contributed by atoms with E-state index in [0.717, 1.165) is 49.1 Å². The Morgan fingerprint density at radius 2 is 1.69 bits per heavy atom. The van der Waals surface area contributed by atoms with Crippen LogP contribution >= 0.6 is 0 Å². The molecule has 0 radical (unpaired) electrons. The Bertz CT molecular complexity index is 1010. The summed E-state index contributed by atoms with van der Waals surface area (Å²) in [6.45, 7) is 3.41. The van der Waals surface area contributed by atoms with Crippen molar-refractivity contribution in [3.8, 4) is 11.8 Å². The van der Waals surface area contributed by atoms with Crippen LogP contribution in [0.1, 0.15) is 5.56 Å². The number of hydrogen-bond acceptors (Lipinski definition) is 7. The molecule has 1 saturated heterocycles. The number of piperazine rings is 1. The number of nitrogens with zero attached hydrogens (tertiary/aromatic N) is 5. The summed E-state index contributed by atoms with van der Waals surface area (Å²) in [5.74, 6) is 2.33. The minimum Gasteiger partial charge on any atom is -0.495 e. The number of nitriles is 1. The van der Waals surface area contributed by atoms with Crippen LogP contribution in [0.5, 0.6) is 5.75 Å². The monoisotopic (exact) mass is 386 g/mol. The number of anilines is 4. The van der Waals surface area contributed by atoms with Gasteiger partial charge in [-0.15, -0.1) is 0 Å². The minimum absolute atomic E-state index is 0.631. The van der Waals surface area contributed by atoms with E-state index in [1.54, 1.807) is 25.4 Å². The maximum absolute atomic E-state index is 8.91. The van der Waals surface area contributed by atoms with Crippen molar-refractivity contribution in [1.82, 2.24) is 9.97 Å². The lowest BCUT2D eigenvalue weighted by Crippen LogP contribution is -2.47. The van der Waals surface area contributed by atoms with Gasteiger partial charge in [-0.05, 0) is 42.5 Å². The third-order valence-corrected chi connectivity index (χ3v) is 4.92. The van der Waals surface area contributed by atoms with Crippen LogP contribution in [-0.2, 0) is 0 Å². The molecule has 7 heteroatoms. The molecule has 0 unspecified atom stereocenters. The molecule has 1 aromatic heterocycles. The highest BCUT2D eigenvalue weighted by molar-refractivity contribution is 5.60. The van der Waals surface area contributed by atoms with Crippen LogP contribution in [0.25, 0.3) is 0 Å². The van der Waals surface area contributed by atoms with E-state index < -0.39 is 0 Å². The van der Waals surface area contributed by atoms with E-state index in [2.05, 4.69) is 37.2 Å². The quantitative estimate of drug-likeness (QED) is 0.720. The Balaban J connectivity index is 1.42. The summed E-state index contributed by atoms with van der Waals surface area (Å²) in [7, 11) is 1.70. The molecule has 0 aliphatic carbocycles. The number of hydrogen-bond donors (Lipinski definition) is 1. The summed E-state index contributed by atoms with van der Waals surface area (Å²) >= 11 is 0. The van der Waals surface area contributed by atoms with Gasteiger partial charge in [0.15, 0.2) is 0 Å². The second kappa shape index (κ2) is 8.48. The summed E-state index contributed by atoms with van der Waals surface area (Å²) in [4.78, 5) is 13.6. The van der Waals surface area contributed by atoms with E-state index in [1.807, 2.05) is 36.4 Å². The lowest BCUT2D eigenvalue weighted by Gasteiger charge is -2.36. The molecule has 0 spiro atoms. The Morgan fingerprint density at radius 1 is 0.966 bits per heavy atom. The van der Waals surface area contributed by atoms with Crippen LogP contribution in [-0.4, -0.2) is 43.3 Å². The van der Waals surface area contributed by atoms with Gasteiger partial charge in [-0.25, -0.2) is 4.98 Å². The second-order valence-corrected chi connectivity index (χ2v) is 6.70. The van der Waals surface area contributed by atoms with Crippen molar-refractivity contribution in [1.29, 1.82) is 5.26 Å². The molecule has 29 heavy (non-hydrogen) atoms. The number of nitrogens with one attached hydrogen (secondary N) is 1. The summed E-state index contributed by atoms with van der Waals surface area (Å²) < 4.78 is 5.49. The van der Waals surface area contributed by atoms with Crippen LogP contribution in [0, 0.1) is 11.3 Å². The number of para-hydroxylation sites is 2. The minimum atomic E-state index is 0.631. The van der Waals surface area contributed by atoms with Crippen molar-refractivity contribution in [2.24, 2.45) is 0 Å². The smallest absolute Gasteiger partial charge is 0.227 e. The predicted molar refractivity (Wildman–Crippen MR) is 114 cm³/mol. The van der Waals surface area contributed by atoms with Crippen LogP contribution in [0.3, 0.4) is 0 Å². The maximum Gasteiger partial charge on any atom is 0.227 e.